The smallest absolute Gasteiger partial charge is 0.308 e. The molecular formula is C23H27NO5. The van der Waals surface area contributed by atoms with Gasteiger partial charge in [0.15, 0.2) is 0 Å². The lowest BCUT2D eigenvalue weighted by Crippen LogP contribution is -2.20. The average Bonchev–Trinajstić information content (AvgIpc) is 3.53. The van der Waals surface area contributed by atoms with Crippen LogP contribution in [0.4, 0.5) is 0 Å². The highest BCUT2D eigenvalue weighted by molar-refractivity contribution is 5.75. The largest absolute Gasteiger partial charge is 0.497 e. The number of fused-ring (bicyclic) bond motifs is 3. The predicted molar refractivity (Wildman–Crippen MR) is 109 cm³/mol. The van der Waals surface area contributed by atoms with Crippen molar-refractivity contribution in [3.63, 3.8) is 0 Å². The van der Waals surface area contributed by atoms with Gasteiger partial charge in [0.1, 0.15) is 5.75 Å². The summed E-state index contributed by atoms with van der Waals surface area (Å²) in [6.45, 7) is 2.10. The Kier molecular flexibility index (Phi) is 5.46. The molecule has 1 aromatic heterocycles. The number of hydrogen-bond acceptors (Lipinski definition) is 5. The summed E-state index contributed by atoms with van der Waals surface area (Å²) in [5.41, 5.74) is 3.59. The minimum absolute atomic E-state index is 0.0836. The lowest BCUT2D eigenvalue weighted by molar-refractivity contribution is -0.148. The fourth-order valence-electron chi connectivity index (χ4n) is 4.03. The van der Waals surface area contributed by atoms with E-state index in [1.54, 1.807) is 31.7 Å². The molecule has 6 heteroatoms. The normalized spacial score (nSPS) is 20.4. The van der Waals surface area contributed by atoms with E-state index < -0.39 is 6.10 Å². The van der Waals surface area contributed by atoms with Crippen LogP contribution in [0, 0.1) is 5.92 Å². The standard InChI is InChI=1S/C23H27NO5/c1-4-28-23(26)12-21-18-11-22(25)24(2)13-19(18)16-8-7-15(27-3)10-17(16)20(29-21)9-14-5-6-14/h7-8,10-11,13-14,20-21H,4-6,9,12H2,1-3H3. The quantitative estimate of drug-likeness (QED) is 0.691. The number of rotatable bonds is 6. The van der Waals surface area contributed by atoms with Crippen LogP contribution in [0.2, 0.25) is 0 Å². The van der Waals surface area contributed by atoms with Gasteiger partial charge in [-0.3, -0.25) is 9.59 Å². The number of aryl methyl sites for hydroxylation is 1. The van der Waals surface area contributed by atoms with Crippen LogP contribution in [0.1, 0.15) is 55.9 Å². The van der Waals surface area contributed by atoms with E-state index in [0.717, 1.165) is 34.4 Å². The second kappa shape index (κ2) is 8.03. The average molecular weight is 397 g/mol. The third-order valence-corrected chi connectivity index (χ3v) is 5.73. The van der Waals surface area contributed by atoms with E-state index in [0.29, 0.717) is 12.5 Å². The van der Waals surface area contributed by atoms with Gasteiger partial charge in [-0.05, 0) is 48.1 Å². The van der Waals surface area contributed by atoms with E-state index in [1.165, 1.54) is 12.8 Å². The molecule has 1 fully saturated rings. The summed E-state index contributed by atoms with van der Waals surface area (Å²) in [6.07, 6.45) is 4.52. The van der Waals surface area contributed by atoms with Crippen molar-refractivity contribution >= 4 is 5.97 Å². The molecule has 0 bridgehead atoms. The van der Waals surface area contributed by atoms with E-state index in [1.807, 2.05) is 24.4 Å². The van der Waals surface area contributed by atoms with Crippen LogP contribution in [0.3, 0.4) is 0 Å². The molecule has 1 saturated carbocycles. The van der Waals surface area contributed by atoms with Crippen LogP contribution in [-0.4, -0.2) is 24.3 Å². The molecule has 1 aromatic carbocycles. The van der Waals surface area contributed by atoms with Gasteiger partial charge in [-0.1, -0.05) is 18.9 Å². The minimum Gasteiger partial charge on any atom is -0.497 e. The third kappa shape index (κ3) is 4.08. The number of nitrogens with zero attached hydrogens (tertiary/aromatic N) is 1. The first-order chi connectivity index (χ1) is 14.0. The SMILES string of the molecule is CCOC(=O)CC1OC(CC2CC2)c2cc(OC)ccc2-c2cn(C)c(=O)cc21. The van der Waals surface area contributed by atoms with Crippen molar-refractivity contribution in [1.29, 1.82) is 0 Å². The van der Waals surface area contributed by atoms with Gasteiger partial charge in [-0.2, -0.15) is 0 Å². The second-order valence-electron chi connectivity index (χ2n) is 7.85. The van der Waals surface area contributed by atoms with Crippen molar-refractivity contribution < 1.29 is 19.0 Å². The first-order valence-corrected chi connectivity index (χ1v) is 10.2. The molecule has 0 radical (unpaired) electrons. The molecule has 0 amide bonds. The molecule has 2 aliphatic rings. The molecule has 0 saturated heterocycles. The molecule has 2 heterocycles. The van der Waals surface area contributed by atoms with Crippen molar-refractivity contribution in [2.45, 2.75) is 44.8 Å². The third-order valence-electron chi connectivity index (χ3n) is 5.73. The zero-order chi connectivity index (χ0) is 20.5. The summed E-state index contributed by atoms with van der Waals surface area (Å²) in [6, 6.07) is 7.55. The van der Waals surface area contributed by atoms with Crippen molar-refractivity contribution in [2.24, 2.45) is 13.0 Å². The van der Waals surface area contributed by atoms with Crippen molar-refractivity contribution in [3.8, 4) is 16.9 Å². The number of benzene rings is 1. The van der Waals surface area contributed by atoms with Crippen molar-refractivity contribution in [3.05, 3.63) is 51.9 Å². The molecule has 29 heavy (non-hydrogen) atoms. The monoisotopic (exact) mass is 397 g/mol. The number of hydrogen-bond donors (Lipinski definition) is 0. The van der Waals surface area contributed by atoms with Crippen molar-refractivity contribution in [1.82, 2.24) is 4.57 Å². The molecule has 1 aliphatic carbocycles. The van der Waals surface area contributed by atoms with Gasteiger partial charge in [-0.25, -0.2) is 0 Å². The Morgan fingerprint density at radius 2 is 1.93 bits per heavy atom. The fourth-order valence-corrected chi connectivity index (χ4v) is 4.03. The van der Waals surface area contributed by atoms with Crippen LogP contribution in [0.25, 0.3) is 11.1 Å². The molecule has 2 aromatic rings. The molecular weight excluding hydrogens is 370 g/mol. The van der Waals surface area contributed by atoms with Crippen LogP contribution in [0.15, 0.2) is 35.3 Å². The number of carbonyl (C=O) groups is 1. The molecule has 6 nitrogen and oxygen atoms in total. The van der Waals surface area contributed by atoms with Crippen LogP contribution in [0.5, 0.6) is 5.75 Å². The second-order valence-corrected chi connectivity index (χ2v) is 7.85. The number of aromatic nitrogens is 1. The van der Waals surface area contributed by atoms with Crippen LogP contribution >= 0.6 is 0 Å². The Bertz CT molecular complexity index is 976. The van der Waals surface area contributed by atoms with Gasteiger partial charge >= 0.3 is 5.97 Å². The number of ether oxygens (including phenoxy) is 3. The molecule has 154 valence electrons. The van der Waals surface area contributed by atoms with Gasteiger partial charge in [0.25, 0.3) is 5.56 Å². The highest BCUT2D eigenvalue weighted by Crippen LogP contribution is 2.48. The first-order valence-electron chi connectivity index (χ1n) is 10.2. The predicted octanol–water partition coefficient (Wildman–Crippen LogP) is 3.93. The fraction of sp³-hybridized carbons (Fsp3) is 0.478. The zero-order valence-corrected chi connectivity index (χ0v) is 17.1. The number of carbonyl (C=O) groups excluding carboxylic acids is 1. The Morgan fingerprint density at radius 3 is 2.62 bits per heavy atom. The molecule has 1 aliphatic heterocycles. The van der Waals surface area contributed by atoms with Crippen LogP contribution in [-0.2, 0) is 21.3 Å². The lowest BCUT2D eigenvalue weighted by atomic mass is 9.92. The summed E-state index contributed by atoms with van der Waals surface area (Å²) in [5.74, 6) is 1.08. The summed E-state index contributed by atoms with van der Waals surface area (Å²) < 4.78 is 18.7. The Balaban J connectivity index is 1.85. The van der Waals surface area contributed by atoms with E-state index in [2.05, 4.69) is 0 Å². The maximum atomic E-state index is 12.4. The molecule has 2 unspecified atom stereocenters. The maximum Gasteiger partial charge on any atom is 0.308 e. The van der Waals surface area contributed by atoms with E-state index in [-0.39, 0.29) is 24.1 Å². The van der Waals surface area contributed by atoms with E-state index >= 15 is 0 Å². The lowest BCUT2D eigenvalue weighted by Gasteiger charge is -2.23. The van der Waals surface area contributed by atoms with Gasteiger partial charge in [0.2, 0.25) is 0 Å². The number of methoxy groups -OCH3 is 1. The summed E-state index contributed by atoms with van der Waals surface area (Å²) in [4.78, 5) is 24.7. The summed E-state index contributed by atoms with van der Waals surface area (Å²) in [7, 11) is 3.38. The van der Waals surface area contributed by atoms with E-state index in [9.17, 15) is 9.59 Å². The summed E-state index contributed by atoms with van der Waals surface area (Å²) >= 11 is 0. The minimum atomic E-state index is -0.528. The van der Waals surface area contributed by atoms with E-state index in [4.69, 9.17) is 14.2 Å². The number of esters is 1. The molecule has 0 spiro atoms. The van der Waals surface area contributed by atoms with Gasteiger partial charge in [0, 0.05) is 24.9 Å². The Hall–Kier alpha value is -2.60. The molecule has 0 N–H and O–H groups in total. The van der Waals surface area contributed by atoms with Gasteiger partial charge in [-0.15, -0.1) is 0 Å². The topological polar surface area (TPSA) is 66.8 Å². The maximum absolute atomic E-state index is 12.4. The highest BCUT2D eigenvalue weighted by Gasteiger charge is 2.35. The van der Waals surface area contributed by atoms with Gasteiger partial charge < -0.3 is 18.8 Å². The van der Waals surface area contributed by atoms with Gasteiger partial charge in [0.05, 0.1) is 32.3 Å². The Labute approximate surface area is 170 Å². The van der Waals surface area contributed by atoms with Crippen LogP contribution < -0.4 is 10.3 Å². The highest BCUT2D eigenvalue weighted by atomic mass is 16.5. The Morgan fingerprint density at radius 1 is 1.17 bits per heavy atom. The molecule has 4 rings (SSSR count). The van der Waals surface area contributed by atoms with Crippen molar-refractivity contribution in [2.75, 3.05) is 13.7 Å². The summed E-state index contributed by atoms with van der Waals surface area (Å²) in [5, 5.41) is 0. The zero-order valence-electron chi connectivity index (χ0n) is 17.1. The first kappa shape index (κ1) is 19.7. The molecule has 2 atom stereocenters. The number of pyridine rings is 1.